The Hall–Kier alpha value is -0.430. The van der Waals surface area contributed by atoms with Crippen molar-refractivity contribution in [3.8, 4) is 0 Å². The summed E-state index contributed by atoms with van der Waals surface area (Å²) >= 11 is 3.34. The molecule has 1 atom stereocenters. The van der Waals surface area contributed by atoms with Crippen LogP contribution in [0.15, 0.2) is 27.6 Å². The van der Waals surface area contributed by atoms with Crippen LogP contribution in [0.25, 0.3) is 0 Å². The molecule has 1 rings (SSSR count). The fraction of sp³-hybridized carbons (Fsp3) is 0.600. The van der Waals surface area contributed by atoms with E-state index in [1.54, 1.807) is 12.1 Å². The minimum absolute atomic E-state index is 0.0840. The summed E-state index contributed by atoms with van der Waals surface area (Å²) < 4.78 is 28.4. The van der Waals surface area contributed by atoms with Gasteiger partial charge in [-0.15, -0.1) is 0 Å². The summed E-state index contributed by atoms with van der Waals surface area (Å²) in [5, 5.41) is 3.20. The molecule has 0 aromatic heterocycles. The Morgan fingerprint density at radius 1 is 1.24 bits per heavy atom. The smallest absolute Gasteiger partial charge is 0.241 e. The number of benzene rings is 1. The largest absolute Gasteiger partial charge is 0.313 e. The van der Waals surface area contributed by atoms with Crippen LogP contribution in [0.1, 0.15) is 39.7 Å². The van der Waals surface area contributed by atoms with Gasteiger partial charge in [-0.3, -0.25) is 0 Å². The van der Waals surface area contributed by atoms with Crippen molar-refractivity contribution < 1.29 is 8.42 Å². The Bertz CT molecular complexity index is 559. The molecule has 120 valence electrons. The summed E-state index contributed by atoms with van der Waals surface area (Å²) in [7, 11) is -3.51. The van der Waals surface area contributed by atoms with Gasteiger partial charge in [0.1, 0.15) is 0 Å². The van der Waals surface area contributed by atoms with Crippen LogP contribution in [-0.4, -0.2) is 21.0 Å². The molecule has 21 heavy (non-hydrogen) atoms. The van der Waals surface area contributed by atoms with E-state index in [4.69, 9.17) is 0 Å². The van der Waals surface area contributed by atoms with Crippen molar-refractivity contribution in [2.45, 2.75) is 51.6 Å². The first-order valence-electron chi connectivity index (χ1n) is 7.27. The fourth-order valence-corrected chi connectivity index (χ4v) is 4.49. The zero-order valence-corrected chi connectivity index (χ0v) is 15.5. The van der Waals surface area contributed by atoms with Gasteiger partial charge in [0.25, 0.3) is 0 Å². The standard InChI is InChI=1S/C15H25BrN2O2S/c1-5-17-10-13-6-7-14(16)15(9-13)21(19,20)18-12(4)8-11(2)3/h6-7,9,11-12,17-18H,5,8,10H2,1-4H3. The van der Waals surface area contributed by atoms with Crippen LogP contribution >= 0.6 is 15.9 Å². The highest BCUT2D eigenvalue weighted by molar-refractivity contribution is 9.10. The SMILES string of the molecule is CCNCc1ccc(Br)c(S(=O)(=O)NC(C)CC(C)C)c1. The molecule has 0 saturated carbocycles. The Labute approximate surface area is 136 Å². The highest BCUT2D eigenvalue weighted by atomic mass is 79.9. The third kappa shape index (κ3) is 6.06. The zero-order chi connectivity index (χ0) is 16.0. The zero-order valence-electron chi connectivity index (χ0n) is 13.1. The number of hydrogen-bond acceptors (Lipinski definition) is 3. The maximum Gasteiger partial charge on any atom is 0.241 e. The number of sulfonamides is 1. The van der Waals surface area contributed by atoms with E-state index in [9.17, 15) is 8.42 Å². The van der Waals surface area contributed by atoms with E-state index in [-0.39, 0.29) is 6.04 Å². The second-order valence-corrected chi connectivity index (χ2v) is 8.23. The quantitative estimate of drug-likeness (QED) is 0.731. The van der Waals surface area contributed by atoms with E-state index in [0.29, 0.717) is 21.8 Å². The molecular weight excluding hydrogens is 352 g/mol. The van der Waals surface area contributed by atoms with Gasteiger partial charge in [0, 0.05) is 17.1 Å². The lowest BCUT2D eigenvalue weighted by atomic mass is 10.1. The average Bonchev–Trinajstić information content (AvgIpc) is 2.35. The highest BCUT2D eigenvalue weighted by Gasteiger charge is 2.21. The van der Waals surface area contributed by atoms with Gasteiger partial charge in [0.05, 0.1) is 4.90 Å². The van der Waals surface area contributed by atoms with Crippen molar-refractivity contribution in [1.29, 1.82) is 0 Å². The van der Waals surface area contributed by atoms with Crippen molar-refractivity contribution in [2.24, 2.45) is 5.92 Å². The second-order valence-electron chi connectivity index (χ2n) is 5.70. The van der Waals surface area contributed by atoms with Crippen LogP contribution in [0, 0.1) is 5.92 Å². The summed E-state index contributed by atoms with van der Waals surface area (Å²) in [5.74, 6) is 0.450. The molecule has 0 aliphatic heterocycles. The van der Waals surface area contributed by atoms with E-state index in [1.165, 1.54) is 0 Å². The third-order valence-corrected chi connectivity index (χ3v) is 5.63. The summed E-state index contributed by atoms with van der Waals surface area (Å²) in [5.41, 5.74) is 0.955. The van der Waals surface area contributed by atoms with Crippen LogP contribution in [0.4, 0.5) is 0 Å². The molecular formula is C15H25BrN2O2S. The lowest BCUT2D eigenvalue weighted by molar-refractivity contribution is 0.482. The molecule has 0 aliphatic carbocycles. The van der Waals surface area contributed by atoms with Crippen LogP contribution < -0.4 is 10.0 Å². The number of halogens is 1. The Kier molecular flexibility index (Phi) is 7.33. The summed E-state index contributed by atoms with van der Waals surface area (Å²) in [6, 6.07) is 5.34. The first-order valence-corrected chi connectivity index (χ1v) is 9.55. The van der Waals surface area contributed by atoms with Crippen molar-refractivity contribution in [3.05, 3.63) is 28.2 Å². The van der Waals surface area contributed by atoms with Crippen molar-refractivity contribution >= 4 is 26.0 Å². The minimum Gasteiger partial charge on any atom is -0.313 e. The second kappa shape index (κ2) is 8.27. The van der Waals surface area contributed by atoms with Crippen LogP contribution in [0.3, 0.4) is 0 Å². The summed E-state index contributed by atoms with van der Waals surface area (Å²) in [4.78, 5) is 0.300. The molecule has 0 radical (unpaired) electrons. The Balaban J connectivity index is 2.96. The van der Waals surface area contributed by atoms with Gasteiger partial charge in [-0.2, -0.15) is 0 Å². The Morgan fingerprint density at radius 2 is 1.90 bits per heavy atom. The molecule has 0 saturated heterocycles. The van der Waals surface area contributed by atoms with E-state index >= 15 is 0 Å². The molecule has 0 amide bonds. The molecule has 6 heteroatoms. The molecule has 1 unspecified atom stereocenters. The maximum atomic E-state index is 12.5. The van der Waals surface area contributed by atoms with E-state index in [2.05, 4.69) is 39.8 Å². The van der Waals surface area contributed by atoms with E-state index in [1.807, 2.05) is 19.9 Å². The molecule has 1 aromatic rings. The molecule has 0 spiro atoms. The fourth-order valence-electron chi connectivity index (χ4n) is 2.22. The predicted molar refractivity (Wildman–Crippen MR) is 90.8 cm³/mol. The first kappa shape index (κ1) is 18.6. The Morgan fingerprint density at radius 3 is 2.48 bits per heavy atom. The van der Waals surface area contributed by atoms with Gasteiger partial charge < -0.3 is 5.32 Å². The van der Waals surface area contributed by atoms with Gasteiger partial charge in [-0.25, -0.2) is 13.1 Å². The van der Waals surface area contributed by atoms with Gasteiger partial charge in [0.2, 0.25) is 10.0 Å². The number of hydrogen-bond donors (Lipinski definition) is 2. The summed E-state index contributed by atoms with van der Waals surface area (Å²) in [6.45, 7) is 9.59. The highest BCUT2D eigenvalue weighted by Crippen LogP contribution is 2.24. The lowest BCUT2D eigenvalue weighted by Crippen LogP contribution is -2.33. The lowest BCUT2D eigenvalue weighted by Gasteiger charge is -2.17. The molecule has 4 nitrogen and oxygen atoms in total. The molecule has 2 N–H and O–H groups in total. The predicted octanol–water partition coefficient (Wildman–Crippen LogP) is 3.27. The van der Waals surface area contributed by atoms with E-state index < -0.39 is 10.0 Å². The van der Waals surface area contributed by atoms with Crippen molar-refractivity contribution in [3.63, 3.8) is 0 Å². The average molecular weight is 377 g/mol. The molecule has 1 aromatic carbocycles. The van der Waals surface area contributed by atoms with Gasteiger partial charge in [-0.05, 0) is 59.4 Å². The minimum atomic E-state index is -3.51. The molecule has 0 heterocycles. The topological polar surface area (TPSA) is 58.2 Å². The van der Waals surface area contributed by atoms with Crippen molar-refractivity contribution in [1.82, 2.24) is 10.0 Å². The van der Waals surface area contributed by atoms with Crippen LogP contribution in [0.2, 0.25) is 0 Å². The van der Waals surface area contributed by atoms with E-state index in [0.717, 1.165) is 18.5 Å². The molecule has 0 bridgehead atoms. The molecule has 0 aliphatic rings. The normalized spacial score (nSPS) is 13.6. The number of nitrogens with one attached hydrogen (secondary N) is 2. The van der Waals surface area contributed by atoms with Crippen molar-refractivity contribution in [2.75, 3.05) is 6.54 Å². The number of rotatable bonds is 8. The van der Waals surface area contributed by atoms with Gasteiger partial charge in [-0.1, -0.05) is 26.8 Å². The van der Waals surface area contributed by atoms with Crippen LogP contribution in [0.5, 0.6) is 0 Å². The van der Waals surface area contributed by atoms with Crippen LogP contribution in [-0.2, 0) is 16.6 Å². The third-order valence-electron chi connectivity index (χ3n) is 3.05. The van der Waals surface area contributed by atoms with Gasteiger partial charge in [0.15, 0.2) is 0 Å². The molecule has 0 fully saturated rings. The maximum absolute atomic E-state index is 12.5. The monoisotopic (exact) mass is 376 g/mol. The first-order chi connectivity index (χ1) is 9.76. The summed E-state index contributed by atoms with van der Waals surface area (Å²) in [6.07, 6.45) is 0.813. The van der Waals surface area contributed by atoms with Gasteiger partial charge >= 0.3 is 0 Å².